The summed E-state index contributed by atoms with van der Waals surface area (Å²) in [5.41, 5.74) is 3.84. The number of aryl methyl sites for hydroxylation is 1. The third-order valence-corrected chi connectivity index (χ3v) is 5.71. The molecule has 0 amide bonds. The number of aliphatic carboxylic acids is 1. The van der Waals surface area contributed by atoms with E-state index in [1.54, 1.807) is 6.07 Å². The Bertz CT molecular complexity index is 1040. The van der Waals surface area contributed by atoms with Crippen molar-refractivity contribution in [2.45, 2.75) is 20.3 Å². The van der Waals surface area contributed by atoms with E-state index in [2.05, 4.69) is 26.6 Å². The Morgan fingerprint density at radius 1 is 1.20 bits per heavy atom. The van der Waals surface area contributed by atoms with Crippen molar-refractivity contribution >= 4 is 61.5 Å². The zero-order chi connectivity index (χ0) is 22.1. The standard InChI is InChI=1S/C18H18Cl2N4OS.C2H4O2/c1-11-10-12(6-7-21-8-9-25)2-4-14(11)23-24-18-22-15-5-3-13(19)16(20)17(15)26-18;1-2(3)4/h2-5,10,21,25H,6-9H2,1H3;1H3,(H,3,4). The van der Waals surface area contributed by atoms with Crippen LogP contribution < -0.4 is 5.32 Å². The normalized spacial score (nSPS) is 11.0. The van der Waals surface area contributed by atoms with Crippen molar-refractivity contribution < 1.29 is 15.0 Å². The molecule has 3 N–H and O–H groups in total. The second kappa shape index (κ2) is 11.9. The van der Waals surface area contributed by atoms with Gasteiger partial charge in [-0.05, 0) is 49.2 Å². The van der Waals surface area contributed by atoms with Gasteiger partial charge >= 0.3 is 0 Å². The number of aliphatic hydroxyl groups is 1. The summed E-state index contributed by atoms with van der Waals surface area (Å²) in [6.45, 7) is 4.69. The Morgan fingerprint density at radius 3 is 2.60 bits per heavy atom. The minimum atomic E-state index is -0.833. The number of azo groups is 1. The highest BCUT2D eigenvalue weighted by molar-refractivity contribution is 7.22. The highest BCUT2D eigenvalue weighted by atomic mass is 35.5. The summed E-state index contributed by atoms with van der Waals surface area (Å²) in [5, 5.41) is 29.5. The lowest BCUT2D eigenvalue weighted by atomic mass is 10.1. The van der Waals surface area contributed by atoms with Gasteiger partial charge in [0.25, 0.3) is 5.97 Å². The van der Waals surface area contributed by atoms with Crippen LogP contribution in [-0.2, 0) is 11.2 Å². The van der Waals surface area contributed by atoms with E-state index < -0.39 is 5.97 Å². The molecule has 1 heterocycles. The average Bonchev–Trinajstić information content (AvgIpc) is 3.11. The summed E-state index contributed by atoms with van der Waals surface area (Å²) >= 11 is 13.6. The van der Waals surface area contributed by atoms with E-state index in [0.717, 1.165) is 41.4 Å². The molecular formula is C20H22Cl2N4O3S. The first kappa shape index (κ1) is 24.2. The van der Waals surface area contributed by atoms with Crippen molar-refractivity contribution in [3.05, 3.63) is 51.5 Å². The lowest BCUT2D eigenvalue weighted by Crippen LogP contribution is -2.20. The zero-order valence-electron chi connectivity index (χ0n) is 16.5. The summed E-state index contributed by atoms with van der Waals surface area (Å²) < 4.78 is 0.815. The molecule has 0 aliphatic carbocycles. The topological polar surface area (TPSA) is 107 Å². The number of hydrogen-bond acceptors (Lipinski definition) is 7. The second-order valence-corrected chi connectivity index (χ2v) is 8.03. The molecule has 7 nitrogen and oxygen atoms in total. The quantitative estimate of drug-likeness (QED) is 0.311. The number of fused-ring (bicyclic) bond motifs is 1. The fraction of sp³-hybridized carbons (Fsp3) is 0.300. The second-order valence-electron chi connectivity index (χ2n) is 6.27. The Morgan fingerprint density at radius 2 is 1.93 bits per heavy atom. The minimum Gasteiger partial charge on any atom is -0.481 e. The number of carboxylic acid groups (broad SMARTS) is 1. The predicted molar refractivity (Wildman–Crippen MR) is 122 cm³/mol. The minimum absolute atomic E-state index is 0.154. The van der Waals surface area contributed by atoms with Gasteiger partial charge in [0.1, 0.15) is 0 Å². The molecule has 0 aliphatic rings. The van der Waals surface area contributed by atoms with Crippen LogP contribution >= 0.6 is 34.5 Å². The Kier molecular flexibility index (Phi) is 9.61. The number of benzene rings is 2. The fourth-order valence-electron chi connectivity index (χ4n) is 2.49. The van der Waals surface area contributed by atoms with Gasteiger partial charge in [0.15, 0.2) is 0 Å². The van der Waals surface area contributed by atoms with Crippen LogP contribution in [0.4, 0.5) is 10.8 Å². The van der Waals surface area contributed by atoms with Crippen molar-refractivity contribution in [2.24, 2.45) is 10.2 Å². The molecule has 0 fully saturated rings. The first-order chi connectivity index (χ1) is 14.3. The number of rotatable bonds is 7. The highest BCUT2D eigenvalue weighted by Crippen LogP contribution is 2.38. The van der Waals surface area contributed by atoms with Crippen LogP contribution in [-0.4, -0.2) is 40.9 Å². The van der Waals surface area contributed by atoms with Crippen LogP contribution in [0.1, 0.15) is 18.1 Å². The van der Waals surface area contributed by atoms with Crippen LogP contribution in [0.5, 0.6) is 0 Å². The van der Waals surface area contributed by atoms with Crippen LogP contribution in [0.3, 0.4) is 0 Å². The molecule has 1 aromatic heterocycles. The number of aromatic nitrogens is 1. The number of hydrogen-bond donors (Lipinski definition) is 3. The van der Waals surface area contributed by atoms with E-state index in [1.807, 2.05) is 25.1 Å². The SMILES string of the molecule is CC(=O)O.Cc1cc(CCNCCO)ccc1N=Nc1nc2ccc(Cl)c(Cl)c2s1. The number of nitrogens with zero attached hydrogens (tertiary/aromatic N) is 3. The van der Waals surface area contributed by atoms with E-state index in [9.17, 15) is 0 Å². The van der Waals surface area contributed by atoms with Gasteiger partial charge in [-0.3, -0.25) is 4.79 Å². The Hall–Kier alpha value is -2.10. The molecule has 0 radical (unpaired) electrons. The smallest absolute Gasteiger partial charge is 0.300 e. The van der Waals surface area contributed by atoms with Crippen molar-refractivity contribution in [2.75, 3.05) is 19.7 Å². The van der Waals surface area contributed by atoms with Gasteiger partial charge in [-0.2, -0.15) is 0 Å². The Balaban J connectivity index is 0.000000735. The van der Waals surface area contributed by atoms with E-state index >= 15 is 0 Å². The average molecular weight is 469 g/mol. The lowest BCUT2D eigenvalue weighted by Gasteiger charge is -2.05. The largest absolute Gasteiger partial charge is 0.481 e. The van der Waals surface area contributed by atoms with Gasteiger partial charge < -0.3 is 15.5 Å². The van der Waals surface area contributed by atoms with Crippen LogP contribution in [0.15, 0.2) is 40.6 Å². The van der Waals surface area contributed by atoms with E-state index in [-0.39, 0.29) is 6.61 Å². The highest BCUT2D eigenvalue weighted by Gasteiger charge is 2.10. The van der Waals surface area contributed by atoms with E-state index in [0.29, 0.717) is 21.7 Å². The maximum Gasteiger partial charge on any atom is 0.300 e. The van der Waals surface area contributed by atoms with Crippen molar-refractivity contribution in [1.29, 1.82) is 0 Å². The molecule has 3 aromatic rings. The molecule has 0 spiro atoms. The van der Waals surface area contributed by atoms with Crippen molar-refractivity contribution in [1.82, 2.24) is 10.3 Å². The molecule has 30 heavy (non-hydrogen) atoms. The first-order valence-electron chi connectivity index (χ1n) is 9.08. The zero-order valence-corrected chi connectivity index (χ0v) is 18.9. The monoisotopic (exact) mass is 468 g/mol. The molecule has 0 saturated heterocycles. The predicted octanol–water partition coefficient (Wildman–Crippen LogP) is 5.54. The van der Waals surface area contributed by atoms with E-state index in [1.165, 1.54) is 16.9 Å². The number of nitrogens with one attached hydrogen (secondary N) is 1. The number of carboxylic acids is 1. The number of thiazole rings is 1. The van der Waals surface area contributed by atoms with Gasteiger partial charge in [-0.15, -0.1) is 10.2 Å². The maximum atomic E-state index is 9.00. The molecule has 0 unspecified atom stereocenters. The van der Waals surface area contributed by atoms with Gasteiger partial charge in [-0.25, -0.2) is 4.98 Å². The lowest BCUT2D eigenvalue weighted by molar-refractivity contribution is -0.134. The molecule has 3 rings (SSSR count). The van der Waals surface area contributed by atoms with Crippen molar-refractivity contribution in [3.8, 4) is 0 Å². The van der Waals surface area contributed by atoms with Gasteiger partial charge in [0.2, 0.25) is 5.13 Å². The van der Waals surface area contributed by atoms with E-state index in [4.69, 9.17) is 38.2 Å². The maximum absolute atomic E-state index is 9.00. The van der Waals surface area contributed by atoms with Gasteiger partial charge in [0, 0.05) is 13.5 Å². The molecule has 10 heteroatoms. The summed E-state index contributed by atoms with van der Waals surface area (Å²) in [5.74, 6) is -0.833. The van der Waals surface area contributed by atoms with Gasteiger partial charge in [0.05, 0.1) is 32.6 Å². The van der Waals surface area contributed by atoms with Crippen LogP contribution in [0.2, 0.25) is 10.0 Å². The summed E-state index contributed by atoms with van der Waals surface area (Å²) in [6.07, 6.45) is 0.898. The molecule has 0 bridgehead atoms. The molecule has 160 valence electrons. The fourth-order valence-corrected chi connectivity index (χ4v) is 3.80. The molecule has 0 aliphatic heterocycles. The van der Waals surface area contributed by atoms with Gasteiger partial charge in [-0.1, -0.05) is 46.7 Å². The molecule has 0 saturated carbocycles. The number of halogens is 2. The third kappa shape index (κ3) is 7.30. The molecule has 2 aromatic carbocycles. The first-order valence-corrected chi connectivity index (χ1v) is 10.7. The molecule has 0 atom stereocenters. The van der Waals surface area contributed by atoms with Crippen molar-refractivity contribution in [3.63, 3.8) is 0 Å². The Labute approximate surface area is 188 Å². The van der Waals surface area contributed by atoms with Crippen LogP contribution in [0.25, 0.3) is 10.2 Å². The summed E-state index contributed by atoms with van der Waals surface area (Å²) in [6, 6.07) is 9.65. The van der Waals surface area contributed by atoms with Crippen LogP contribution in [0, 0.1) is 6.92 Å². The number of carbonyl (C=O) groups is 1. The third-order valence-electron chi connectivity index (χ3n) is 3.82. The summed E-state index contributed by atoms with van der Waals surface area (Å²) in [7, 11) is 0. The number of aliphatic hydroxyl groups excluding tert-OH is 1. The summed E-state index contributed by atoms with van der Waals surface area (Å²) in [4.78, 5) is 13.4. The molecular weight excluding hydrogens is 447 g/mol.